The highest BCUT2D eigenvalue weighted by Gasteiger charge is 2.55. The van der Waals surface area contributed by atoms with Gasteiger partial charge < -0.3 is 4.74 Å². The number of carbonyl (C=O) groups is 1. The van der Waals surface area contributed by atoms with Gasteiger partial charge in [-0.1, -0.05) is 5.18 Å². The monoisotopic (exact) mass is 257 g/mol. The number of ether oxygens (including phenoxy) is 1. The summed E-state index contributed by atoms with van der Waals surface area (Å²) < 4.78 is 42.0. The molecule has 1 rings (SSSR count). The summed E-state index contributed by atoms with van der Waals surface area (Å²) in [5, 5.41) is 1.29. The SMILES string of the molecule is CCOC(=O)C1SCC(C(F)(F)F)C1N=O. The van der Waals surface area contributed by atoms with Crippen molar-refractivity contribution in [3.05, 3.63) is 4.91 Å². The predicted molar refractivity (Wildman–Crippen MR) is 52.0 cm³/mol. The van der Waals surface area contributed by atoms with E-state index in [1.165, 1.54) is 0 Å². The smallest absolute Gasteiger partial charge is 0.394 e. The molecule has 4 nitrogen and oxygen atoms in total. The topological polar surface area (TPSA) is 55.7 Å². The number of carbonyl (C=O) groups excluding carboxylic acids is 1. The van der Waals surface area contributed by atoms with Crippen molar-refractivity contribution in [1.82, 2.24) is 0 Å². The minimum Gasteiger partial charge on any atom is -0.465 e. The van der Waals surface area contributed by atoms with Crippen LogP contribution in [0.1, 0.15) is 6.92 Å². The first-order valence-corrected chi connectivity index (χ1v) is 5.64. The molecule has 0 bridgehead atoms. The van der Waals surface area contributed by atoms with Gasteiger partial charge in [-0.3, -0.25) is 4.79 Å². The highest BCUT2D eigenvalue weighted by molar-refractivity contribution is 8.00. The fourth-order valence-electron chi connectivity index (χ4n) is 1.46. The molecule has 1 fully saturated rings. The molecule has 1 aliphatic heterocycles. The van der Waals surface area contributed by atoms with Crippen molar-refractivity contribution in [2.45, 2.75) is 24.4 Å². The molecule has 0 aromatic carbocycles. The quantitative estimate of drug-likeness (QED) is 0.573. The summed E-state index contributed by atoms with van der Waals surface area (Å²) in [5.41, 5.74) is 0. The number of hydrogen-bond acceptors (Lipinski definition) is 5. The minimum absolute atomic E-state index is 0.0676. The zero-order valence-corrected chi connectivity index (χ0v) is 9.18. The van der Waals surface area contributed by atoms with E-state index >= 15 is 0 Å². The van der Waals surface area contributed by atoms with E-state index < -0.39 is 29.4 Å². The maximum Gasteiger partial charge on any atom is 0.394 e. The third-order valence-electron chi connectivity index (χ3n) is 2.24. The van der Waals surface area contributed by atoms with E-state index in [1.807, 2.05) is 0 Å². The van der Waals surface area contributed by atoms with Crippen LogP contribution in [0.4, 0.5) is 13.2 Å². The molecule has 8 heteroatoms. The molecule has 92 valence electrons. The van der Waals surface area contributed by atoms with Gasteiger partial charge in [0.15, 0.2) is 0 Å². The zero-order valence-electron chi connectivity index (χ0n) is 8.36. The minimum atomic E-state index is -4.51. The highest BCUT2D eigenvalue weighted by atomic mass is 32.2. The van der Waals surface area contributed by atoms with Crippen molar-refractivity contribution in [1.29, 1.82) is 0 Å². The van der Waals surface area contributed by atoms with E-state index in [2.05, 4.69) is 9.91 Å². The fraction of sp³-hybridized carbons (Fsp3) is 0.875. The molecule has 0 spiro atoms. The number of nitrogens with zero attached hydrogens (tertiary/aromatic N) is 1. The molecular weight excluding hydrogens is 247 g/mol. The van der Waals surface area contributed by atoms with Crippen LogP contribution in [0, 0.1) is 10.8 Å². The largest absolute Gasteiger partial charge is 0.465 e. The second kappa shape index (κ2) is 5.03. The van der Waals surface area contributed by atoms with Crippen LogP contribution in [-0.4, -0.2) is 35.8 Å². The Morgan fingerprint density at radius 3 is 2.62 bits per heavy atom. The Kier molecular flexibility index (Phi) is 4.17. The number of esters is 1. The third-order valence-corrected chi connectivity index (χ3v) is 3.62. The maximum absolute atomic E-state index is 12.5. The first kappa shape index (κ1) is 13.3. The number of rotatable bonds is 3. The van der Waals surface area contributed by atoms with Gasteiger partial charge in [0.2, 0.25) is 0 Å². The van der Waals surface area contributed by atoms with Gasteiger partial charge in [0.05, 0.1) is 12.5 Å². The van der Waals surface area contributed by atoms with Gasteiger partial charge in [-0.25, -0.2) is 0 Å². The van der Waals surface area contributed by atoms with Gasteiger partial charge in [0, 0.05) is 5.75 Å². The summed E-state index contributed by atoms with van der Waals surface area (Å²) in [7, 11) is 0. The first-order valence-electron chi connectivity index (χ1n) is 4.59. The lowest BCUT2D eigenvalue weighted by atomic mass is 9.99. The third kappa shape index (κ3) is 2.66. The fourth-order valence-corrected chi connectivity index (χ4v) is 2.91. The summed E-state index contributed by atoms with van der Waals surface area (Å²) in [6.45, 7) is 1.61. The van der Waals surface area contributed by atoms with E-state index in [0.29, 0.717) is 0 Å². The Morgan fingerprint density at radius 1 is 1.56 bits per heavy atom. The molecule has 0 aromatic heterocycles. The summed E-state index contributed by atoms with van der Waals surface area (Å²) in [4.78, 5) is 21.7. The molecule has 1 saturated heterocycles. The van der Waals surface area contributed by atoms with E-state index in [9.17, 15) is 22.9 Å². The molecule has 0 saturated carbocycles. The number of nitroso groups, excluding NO2 is 1. The standard InChI is InChI=1S/C8H10F3NO3S/c1-2-15-7(13)6-5(12-14)4(3-16-6)8(9,10)11/h4-6H,2-3H2,1H3. The summed E-state index contributed by atoms with van der Waals surface area (Å²) in [5.74, 6) is -2.99. The van der Waals surface area contributed by atoms with Crippen LogP contribution < -0.4 is 0 Å². The van der Waals surface area contributed by atoms with Crippen LogP contribution in [0.15, 0.2) is 5.18 Å². The van der Waals surface area contributed by atoms with E-state index in [0.717, 1.165) is 11.8 Å². The van der Waals surface area contributed by atoms with Gasteiger partial charge in [-0.2, -0.15) is 18.1 Å². The van der Waals surface area contributed by atoms with Crippen molar-refractivity contribution in [2.24, 2.45) is 11.1 Å². The molecule has 0 aromatic rings. The van der Waals surface area contributed by atoms with Crippen molar-refractivity contribution >= 4 is 17.7 Å². The molecule has 3 unspecified atom stereocenters. The van der Waals surface area contributed by atoms with Crippen LogP contribution in [0.3, 0.4) is 0 Å². The summed E-state index contributed by atoms with van der Waals surface area (Å²) in [6, 6.07) is -1.58. The van der Waals surface area contributed by atoms with E-state index in [-0.39, 0.29) is 12.4 Å². The molecule has 1 aliphatic rings. The number of halogens is 3. The Labute approximate surface area is 93.9 Å². The first-order chi connectivity index (χ1) is 7.41. The van der Waals surface area contributed by atoms with Gasteiger partial charge >= 0.3 is 12.1 Å². The molecular formula is C8H10F3NO3S. The lowest BCUT2D eigenvalue weighted by Crippen LogP contribution is -2.38. The normalized spacial score (nSPS) is 30.1. The van der Waals surface area contributed by atoms with E-state index in [4.69, 9.17) is 0 Å². The number of thioether (sulfide) groups is 1. The Bertz CT molecular complexity index is 284. The second-order valence-electron chi connectivity index (χ2n) is 3.25. The van der Waals surface area contributed by atoms with Gasteiger partial charge in [0.25, 0.3) is 0 Å². The van der Waals surface area contributed by atoms with Crippen LogP contribution >= 0.6 is 11.8 Å². The highest BCUT2D eigenvalue weighted by Crippen LogP contribution is 2.43. The van der Waals surface area contributed by atoms with Crippen LogP contribution in [-0.2, 0) is 9.53 Å². The average Bonchev–Trinajstić information content (AvgIpc) is 2.60. The Morgan fingerprint density at radius 2 is 2.19 bits per heavy atom. The molecule has 0 radical (unpaired) electrons. The van der Waals surface area contributed by atoms with Crippen LogP contribution in [0.2, 0.25) is 0 Å². The molecule has 16 heavy (non-hydrogen) atoms. The van der Waals surface area contributed by atoms with Gasteiger partial charge in [-0.05, 0) is 6.92 Å². The number of hydrogen-bond donors (Lipinski definition) is 0. The van der Waals surface area contributed by atoms with Crippen molar-refractivity contribution < 1.29 is 22.7 Å². The van der Waals surface area contributed by atoms with Gasteiger partial charge in [-0.15, -0.1) is 11.8 Å². The number of alkyl halides is 3. The van der Waals surface area contributed by atoms with E-state index in [1.54, 1.807) is 6.92 Å². The van der Waals surface area contributed by atoms with Crippen LogP contribution in [0.25, 0.3) is 0 Å². The Balaban J connectivity index is 2.77. The zero-order chi connectivity index (χ0) is 12.3. The molecule has 0 aliphatic carbocycles. The van der Waals surface area contributed by atoms with Crippen molar-refractivity contribution in [3.63, 3.8) is 0 Å². The lowest BCUT2D eigenvalue weighted by Gasteiger charge is -2.18. The average molecular weight is 257 g/mol. The molecule has 1 heterocycles. The molecule has 3 atom stereocenters. The Hall–Kier alpha value is -0.790. The predicted octanol–water partition coefficient (Wildman–Crippen LogP) is 1.98. The van der Waals surface area contributed by atoms with Gasteiger partial charge in [0.1, 0.15) is 11.3 Å². The molecule has 0 amide bonds. The van der Waals surface area contributed by atoms with Crippen molar-refractivity contribution in [3.8, 4) is 0 Å². The second-order valence-corrected chi connectivity index (χ2v) is 4.42. The van der Waals surface area contributed by atoms with Crippen molar-refractivity contribution in [2.75, 3.05) is 12.4 Å². The summed E-state index contributed by atoms with van der Waals surface area (Å²) in [6.07, 6.45) is -4.51. The lowest BCUT2D eigenvalue weighted by molar-refractivity contribution is -0.172. The summed E-state index contributed by atoms with van der Waals surface area (Å²) >= 11 is 0.770. The molecule has 0 N–H and O–H groups in total. The van der Waals surface area contributed by atoms with Crippen LogP contribution in [0.5, 0.6) is 0 Å². The maximum atomic E-state index is 12.5.